The van der Waals surface area contributed by atoms with Crippen LogP contribution in [0.4, 0.5) is 0 Å². The molecule has 4 aliphatic rings. The molecule has 3 saturated carbocycles. The van der Waals surface area contributed by atoms with Gasteiger partial charge in [-0.3, -0.25) is 9.59 Å². The maximum atomic E-state index is 12.8. The molecule has 0 N–H and O–H groups in total. The molecule has 1 heterocycles. The van der Waals surface area contributed by atoms with Gasteiger partial charge in [-0.1, -0.05) is 55.8 Å². The van der Waals surface area contributed by atoms with Crippen LogP contribution >= 0.6 is 0 Å². The lowest BCUT2D eigenvalue weighted by Crippen LogP contribution is -3.00. The topological polar surface area (TPSA) is 52.2 Å². The van der Waals surface area contributed by atoms with Crippen molar-refractivity contribution in [2.24, 2.45) is 28.6 Å². The second-order valence-corrected chi connectivity index (χ2v) is 12.7. The van der Waals surface area contributed by atoms with Gasteiger partial charge in [0.25, 0.3) is 0 Å². The summed E-state index contributed by atoms with van der Waals surface area (Å²) in [5.74, 6) is 2.22. The number of rotatable bonds is 5. The van der Waals surface area contributed by atoms with Gasteiger partial charge in [0, 0.05) is 24.3 Å². The minimum Gasteiger partial charge on any atom is -1.00 e. The summed E-state index contributed by atoms with van der Waals surface area (Å²) in [7, 11) is 0. The fraction of sp³-hybridized carbons (Fsp3) is 0.594. The minimum atomic E-state index is -0.149. The molecule has 204 valence electrons. The van der Waals surface area contributed by atoms with E-state index in [9.17, 15) is 9.59 Å². The number of fused-ring (bicyclic) bond motifs is 5. The van der Waals surface area contributed by atoms with Crippen LogP contribution < -0.4 is 21.5 Å². The van der Waals surface area contributed by atoms with Crippen LogP contribution in [-0.4, -0.2) is 22.4 Å². The summed E-state index contributed by atoms with van der Waals surface area (Å²) >= 11 is 0. The molecule has 5 nitrogen and oxygen atoms in total. The number of nitrogens with zero attached hydrogens (tertiary/aromatic N) is 2. The molecule has 1 aromatic heterocycles. The number of benzene rings is 1. The Morgan fingerprint density at radius 3 is 2.61 bits per heavy atom. The van der Waals surface area contributed by atoms with Crippen molar-refractivity contribution >= 4 is 11.8 Å². The van der Waals surface area contributed by atoms with Crippen molar-refractivity contribution in [1.82, 2.24) is 4.57 Å². The van der Waals surface area contributed by atoms with Gasteiger partial charge in [0.05, 0.1) is 0 Å². The van der Waals surface area contributed by atoms with Crippen molar-refractivity contribution < 1.29 is 35.9 Å². The number of allylic oxidation sites excluding steroid dienone is 1. The molecule has 3 fully saturated rings. The molecule has 6 heteroatoms. The van der Waals surface area contributed by atoms with E-state index in [1.165, 1.54) is 39.0 Å². The quantitative estimate of drug-likeness (QED) is 0.236. The first-order chi connectivity index (χ1) is 17.8. The summed E-state index contributed by atoms with van der Waals surface area (Å²) in [6.45, 7) is 6.97. The second kappa shape index (κ2) is 10.4. The normalized spacial score (nSPS) is 35.7. The van der Waals surface area contributed by atoms with E-state index in [-0.39, 0.29) is 45.7 Å². The first kappa shape index (κ1) is 27.4. The predicted molar refractivity (Wildman–Crippen MR) is 142 cm³/mol. The lowest BCUT2D eigenvalue weighted by Gasteiger charge is -2.57. The van der Waals surface area contributed by atoms with Crippen molar-refractivity contribution in [3.05, 3.63) is 66.3 Å². The highest BCUT2D eigenvalue weighted by Crippen LogP contribution is 2.67. The number of carbonyl (C=O) groups excluding carboxylic acids is 2. The summed E-state index contributed by atoms with van der Waals surface area (Å²) in [6, 6.07) is 10.1. The SMILES string of the molecule is CC(=O)O[C@H]1CC[C@@]2(C)C(=CC[C@H]3[C@@H]4CC[C@H](n5cc[n+](CC(=O)c6ccccc6)c5)[C@@]4(C)CC[C@@H]32)C1.[Br-]. The van der Waals surface area contributed by atoms with Gasteiger partial charge in [-0.2, -0.15) is 0 Å². The monoisotopic (exact) mass is 580 g/mol. The number of imidazole rings is 1. The van der Waals surface area contributed by atoms with Crippen LogP contribution in [0.2, 0.25) is 0 Å². The molecular formula is C32H41BrN2O3. The number of ketones is 1. The first-order valence-electron chi connectivity index (χ1n) is 14.3. The van der Waals surface area contributed by atoms with Crippen molar-refractivity contribution in [3.8, 4) is 0 Å². The second-order valence-electron chi connectivity index (χ2n) is 12.7. The van der Waals surface area contributed by atoms with Gasteiger partial charge in [0.15, 0.2) is 6.54 Å². The summed E-state index contributed by atoms with van der Waals surface area (Å²) < 4.78 is 10.1. The zero-order valence-electron chi connectivity index (χ0n) is 22.9. The average Bonchev–Trinajstić information content (AvgIpc) is 3.48. The van der Waals surface area contributed by atoms with E-state index in [2.05, 4.69) is 47.8 Å². The molecule has 0 aliphatic heterocycles. The van der Waals surface area contributed by atoms with Gasteiger partial charge < -0.3 is 21.7 Å². The standard InChI is InChI=1S/C32H41N2O3.BrH/c1-22(35)37-25-13-15-31(2)24(19-25)9-10-26-27-11-12-30(32(27,3)16-14-28(26)31)34-18-17-33(21-34)20-29(36)23-7-5-4-6-8-23;/h4-9,17-18,21,25-28,30H,10-16,19-20H2,1-3H3;1H/q+1;/p-1/t25-,26-,27-,28-,30-,31-,32-;/m0./s1. The Morgan fingerprint density at radius 2 is 1.84 bits per heavy atom. The molecule has 0 unspecified atom stereocenters. The van der Waals surface area contributed by atoms with Gasteiger partial charge in [-0.05, 0) is 68.1 Å². The Morgan fingerprint density at radius 1 is 1.05 bits per heavy atom. The number of hydrogen-bond acceptors (Lipinski definition) is 3. The van der Waals surface area contributed by atoms with Gasteiger partial charge in [0.1, 0.15) is 24.5 Å². The van der Waals surface area contributed by atoms with E-state index in [1.807, 2.05) is 30.3 Å². The van der Waals surface area contributed by atoms with E-state index in [1.54, 1.807) is 5.57 Å². The van der Waals surface area contributed by atoms with E-state index in [0.29, 0.717) is 12.6 Å². The zero-order chi connectivity index (χ0) is 25.8. The Hall–Kier alpha value is -2.21. The Labute approximate surface area is 237 Å². The van der Waals surface area contributed by atoms with E-state index in [4.69, 9.17) is 4.74 Å². The molecule has 6 rings (SSSR count). The predicted octanol–water partition coefficient (Wildman–Crippen LogP) is 3.10. The third kappa shape index (κ3) is 4.61. The highest BCUT2D eigenvalue weighted by molar-refractivity contribution is 5.94. The van der Waals surface area contributed by atoms with Crippen LogP contribution in [0.3, 0.4) is 0 Å². The summed E-state index contributed by atoms with van der Waals surface area (Å²) in [5, 5.41) is 0. The molecule has 2 aromatic rings. The van der Waals surface area contributed by atoms with Crippen LogP contribution in [-0.2, 0) is 16.1 Å². The molecule has 0 amide bonds. The van der Waals surface area contributed by atoms with Gasteiger partial charge in [-0.25, -0.2) is 9.13 Å². The van der Waals surface area contributed by atoms with Crippen molar-refractivity contribution in [1.29, 1.82) is 0 Å². The number of carbonyl (C=O) groups is 2. The summed E-state index contributed by atoms with van der Waals surface area (Å²) in [5.41, 5.74) is 2.87. The van der Waals surface area contributed by atoms with Gasteiger partial charge >= 0.3 is 5.97 Å². The van der Waals surface area contributed by atoms with Crippen LogP contribution in [0, 0.1) is 28.6 Å². The van der Waals surface area contributed by atoms with Crippen molar-refractivity contribution in [2.75, 3.05) is 0 Å². The number of hydrogen-bond donors (Lipinski definition) is 0. The van der Waals surface area contributed by atoms with Crippen LogP contribution in [0.25, 0.3) is 0 Å². The van der Waals surface area contributed by atoms with Gasteiger partial charge in [0.2, 0.25) is 12.1 Å². The molecule has 38 heavy (non-hydrogen) atoms. The van der Waals surface area contributed by atoms with E-state index in [0.717, 1.165) is 42.6 Å². The zero-order valence-corrected chi connectivity index (χ0v) is 24.5. The van der Waals surface area contributed by atoms with Crippen LogP contribution in [0.15, 0.2) is 60.7 Å². The van der Waals surface area contributed by atoms with Crippen molar-refractivity contribution in [2.45, 2.75) is 90.8 Å². The van der Waals surface area contributed by atoms with E-state index >= 15 is 0 Å². The third-order valence-electron chi connectivity index (χ3n) is 10.8. The average molecular weight is 582 g/mol. The molecule has 0 bridgehead atoms. The molecule has 0 saturated heterocycles. The largest absolute Gasteiger partial charge is 1.00 e. The Bertz CT molecular complexity index is 1220. The molecule has 1 aromatic carbocycles. The maximum absolute atomic E-state index is 12.8. The summed E-state index contributed by atoms with van der Waals surface area (Å²) in [4.78, 5) is 24.3. The van der Waals surface area contributed by atoms with Gasteiger partial charge in [-0.15, -0.1) is 0 Å². The number of aromatic nitrogens is 2. The minimum absolute atomic E-state index is 0. The number of Topliss-reactive ketones (excluding diaryl/α,β-unsaturated/α-hetero) is 1. The fourth-order valence-electron chi connectivity index (χ4n) is 8.99. The van der Waals surface area contributed by atoms with Crippen LogP contribution in [0.1, 0.15) is 88.5 Å². The molecule has 7 atom stereocenters. The molecule has 0 spiro atoms. The molecule has 4 aliphatic carbocycles. The highest BCUT2D eigenvalue weighted by Gasteiger charge is 2.60. The van der Waals surface area contributed by atoms with E-state index < -0.39 is 0 Å². The number of halogens is 1. The summed E-state index contributed by atoms with van der Waals surface area (Å²) in [6.07, 6.45) is 18.3. The third-order valence-corrected chi connectivity index (χ3v) is 10.8. The van der Waals surface area contributed by atoms with Crippen LogP contribution in [0.5, 0.6) is 0 Å². The molecule has 0 radical (unpaired) electrons. The number of ether oxygens (including phenoxy) is 1. The Balaban J connectivity index is 0.00000294. The fourth-order valence-corrected chi connectivity index (χ4v) is 8.99. The highest BCUT2D eigenvalue weighted by atomic mass is 79.9. The number of esters is 1. The maximum Gasteiger partial charge on any atom is 0.302 e. The first-order valence-corrected chi connectivity index (χ1v) is 14.3. The lowest BCUT2D eigenvalue weighted by molar-refractivity contribution is -0.682. The lowest BCUT2D eigenvalue weighted by atomic mass is 9.48. The molecular weight excluding hydrogens is 540 g/mol. The smallest absolute Gasteiger partial charge is 0.302 e. The Kier molecular flexibility index (Phi) is 7.49. The van der Waals surface area contributed by atoms with Crippen molar-refractivity contribution in [3.63, 3.8) is 0 Å².